The van der Waals surface area contributed by atoms with E-state index in [-0.39, 0.29) is 0 Å². The molecular weight excluding hydrogens is 310 g/mol. The van der Waals surface area contributed by atoms with Gasteiger partial charge in [-0.25, -0.2) is 4.98 Å². The van der Waals surface area contributed by atoms with E-state index >= 15 is 0 Å². The molecule has 1 N–H and O–H groups in total. The van der Waals surface area contributed by atoms with E-state index < -0.39 is 0 Å². The maximum absolute atomic E-state index is 5.83. The third-order valence-corrected chi connectivity index (χ3v) is 4.26. The molecule has 6 heteroatoms. The summed E-state index contributed by atoms with van der Waals surface area (Å²) in [5.74, 6) is 0.732. The van der Waals surface area contributed by atoms with Crippen molar-refractivity contribution < 1.29 is 0 Å². The highest BCUT2D eigenvalue weighted by Crippen LogP contribution is 2.17. The van der Waals surface area contributed by atoms with Crippen molar-refractivity contribution in [2.45, 2.75) is 6.92 Å². The number of benzene rings is 1. The highest BCUT2D eigenvalue weighted by Gasteiger charge is 2.16. The zero-order chi connectivity index (χ0) is 16.1. The molecule has 0 radical (unpaired) electrons. The van der Waals surface area contributed by atoms with Crippen LogP contribution in [0.1, 0.15) is 5.56 Å². The van der Waals surface area contributed by atoms with Gasteiger partial charge in [0.15, 0.2) is 0 Å². The Kier molecular flexibility index (Phi) is 5.31. The molecular formula is C17H22ClN5. The van der Waals surface area contributed by atoms with Crippen molar-refractivity contribution in [1.82, 2.24) is 14.9 Å². The second-order valence-corrected chi connectivity index (χ2v) is 6.21. The average Bonchev–Trinajstić information content (AvgIpc) is 2.56. The van der Waals surface area contributed by atoms with Gasteiger partial charge < -0.3 is 10.2 Å². The average molecular weight is 332 g/mol. The predicted molar refractivity (Wildman–Crippen MR) is 95.4 cm³/mol. The van der Waals surface area contributed by atoms with Crippen molar-refractivity contribution >= 4 is 23.1 Å². The Morgan fingerprint density at radius 2 is 2.00 bits per heavy atom. The Morgan fingerprint density at radius 1 is 1.17 bits per heavy atom. The SMILES string of the molecule is Cc1cccc(N2CCN(CCNc3cncc(Cl)n3)CC2)c1. The summed E-state index contributed by atoms with van der Waals surface area (Å²) in [5, 5.41) is 3.69. The number of halogens is 1. The molecule has 0 spiro atoms. The van der Waals surface area contributed by atoms with Crippen LogP contribution in [0, 0.1) is 6.92 Å². The maximum atomic E-state index is 5.83. The summed E-state index contributed by atoms with van der Waals surface area (Å²) >= 11 is 5.83. The number of hydrogen-bond donors (Lipinski definition) is 1. The zero-order valence-electron chi connectivity index (χ0n) is 13.4. The third-order valence-electron chi connectivity index (χ3n) is 4.08. The van der Waals surface area contributed by atoms with Gasteiger partial charge >= 0.3 is 0 Å². The maximum Gasteiger partial charge on any atom is 0.149 e. The lowest BCUT2D eigenvalue weighted by molar-refractivity contribution is 0.267. The van der Waals surface area contributed by atoms with E-state index in [1.807, 2.05) is 0 Å². The molecule has 0 unspecified atom stereocenters. The van der Waals surface area contributed by atoms with E-state index in [2.05, 4.69) is 56.3 Å². The summed E-state index contributed by atoms with van der Waals surface area (Å²) in [4.78, 5) is 13.1. The second kappa shape index (κ2) is 7.62. The lowest BCUT2D eigenvalue weighted by Gasteiger charge is -2.36. The number of hydrogen-bond acceptors (Lipinski definition) is 5. The molecule has 2 heterocycles. The van der Waals surface area contributed by atoms with Crippen LogP contribution in [0.15, 0.2) is 36.7 Å². The van der Waals surface area contributed by atoms with Gasteiger partial charge in [-0.05, 0) is 24.6 Å². The standard InChI is InChI=1S/C17H22ClN5/c1-14-3-2-4-15(11-14)23-9-7-22(8-10-23)6-5-20-17-13-19-12-16(18)21-17/h2-4,11-13H,5-10H2,1H3,(H,20,21). The van der Waals surface area contributed by atoms with Gasteiger partial charge in [0.05, 0.1) is 12.4 Å². The van der Waals surface area contributed by atoms with Crippen LogP contribution in [0.3, 0.4) is 0 Å². The summed E-state index contributed by atoms with van der Waals surface area (Å²) < 4.78 is 0. The smallest absolute Gasteiger partial charge is 0.149 e. The fourth-order valence-corrected chi connectivity index (χ4v) is 2.97. The monoisotopic (exact) mass is 331 g/mol. The lowest BCUT2D eigenvalue weighted by atomic mass is 10.2. The largest absolute Gasteiger partial charge is 0.369 e. The van der Waals surface area contributed by atoms with E-state index in [9.17, 15) is 0 Å². The summed E-state index contributed by atoms with van der Waals surface area (Å²) in [7, 11) is 0. The summed E-state index contributed by atoms with van der Waals surface area (Å²) in [6.45, 7) is 8.29. The molecule has 0 amide bonds. The third kappa shape index (κ3) is 4.56. The highest BCUT2D eigenvalue weighted by atomic mass is 35.5. The number of piperazine rings is 1. The first-order chi connectivity index (χ1) is 11.2. The van der Waals surface area contributed by atoms with Gasteiger partial charge in [-0.2, -0.15) is 0 Å². The van der Waals surface area contributed by atoms with Crippen molar-refractivity contribution in [1.29, 1.82) is 0 Å². The Hall–Kier alpha value is -1.85. The van der Waals surface area contributed by atoms with E-state index in [1.54, 1.807) is 6.20 Å². The zero-order valence-corrected chi connectivity index (χ0v) is 14.1. The summed E-state index contributed by atoms with van der Waals surface area (Å²) in [5.41, 5.74) is 2.65. The topological polar surface area (TPSA) is 44.3 Å². The first-order valence-corrected chi connectivity index (χ1v) is 8.34. The van der Waals surface area contributed by atoms with Gasteiger partial charge in [-0.15, -0.1) is 0 Å². The number of anilines is 2. The minimum absolute atomic E-state index is 0.418. The molecule has 0 saturated carbocycles. The molecule has 1 fully saturated rings. The molecule has 0 aliphatic carbocycles. The minimum Gasteiger partial charge on any atom is -0.369 e. The lowest BCUT2D eigenvalue weighted by Crippen LogP contribution is -2.47. The van der Waals surface area contributed by atoms with Crippen molar-refractivity contribution in [2.75, 3.05) is 49.5 Å². The van der Waals surface area contributed by atoms with E-state index in [4.69, 9.17) is 11.6 Å². The fraction of sp³-hybridized carbons (Fsp3) is 0.412. The van der Waals surface area contributed by atoms with E-state index in [0.717, 1.165) is 45.1 Å². The van der Waals surface area contributed by atoms with Crippen LogP contribution in [0.25, 0.3) is 0 Å². The Morgan fingerprint density at radius 3 is 2.74 bits per heavy atom. The molecule has 1 aliphatic heterocycles. The van der Waals surface area contributed by atoms with Crippen LogP contribution in [0.4, 0.5) is 11.5 Å². The van der Waals surface area contributed by atoms with Crippen LogP contribution in [-0.4, -0.2) is 54.1 Å². The van der Waals surface area contributed by atoms with Crippen LogP contribution in [0.2, 0.25) is 5.15 Å². The Labute approximate surface area is 142 Å². The summed E-state index contributed by atoms with van der Waals surface area (Å²) in [6, 6.07) is 8.73. The quantitative estimate of drug-likeness (QED) is 0.912. The molecule has 3 rings (SSSR count). The molecule has 0 atom stereocenters. The van der Waals surface area contributed by atoms with Crippen LogP contribution >= 0.6 is 11.6 Å². The van der Waals surface area contributed by atoms with Crippen molar-refractivity contribution in [3.63, 3.8) is 0 Å². The van der Waals surface area contributed by atoms with Gasteiger partial charge in [-0.1, -0.05) is 23.7 Å². The second-order valence-electron chi connectivity index (χ2n) is 5.82. The van der Waals surface area contributed by atoms with Gasteiger partial charge in [0, 0.05) is 45.0 Å². The van der Waals surface area contributed by atoms with E-state index in [1.165, 1.54) is 17.4 Å². The van der Waals surface area contributed by atoms with Crippen LogP contribution in [-0.2, 0) is 0 Å². The first kappa shape index (κ1) is 16.0. The normalized spacial score (nSPS) is 15.7. The Bertz CT molecular complexity index is 638. The van der Waals surface area contributed by atoms with Gasteiger partial charge in [-0.3, -0.25) is 9.88 Å². The van der Waals surface area contributed by atoms with E-state index in [0.29, 0.717) is 5.15 Å². The van der Waals surface area contributed by atoms with Crippen molar-refractivity contribution in [2.24, 2.45) is 0 Å². The molecule has 1 aromatic heterocycles. The van der Waals surface area contributed by atoms with Gasteiger partial charge in [0.2, 0.25) is 0 Å². The van der Waals surface area contributed by atoms with Crippen LogP contribution < -0.4 is 10.2 Å². The fourth-order valence-electron chi connectivity index (χ4n) is 2.82. The number of nitrogens with zero attached hydrogens (tertiary/aromatic N) is 4. The van der Waals surface area contributed by atoms with Gasteiger partial charge in [0.1, 0.15) is 11.0 Å². The Balaban J connectivity index is 1.42. The molecule has 0 bridgehead atoms. The molecule has 1 aliphatic rings. The van der Waals surface area contributed by atoms with Crippen LogP contribution in [0.5, 0.6) is 0 Å². The molecule has 1 aromatic carbocycles. The molecule has 122 valence electrons. The number of nitrogens with one attached hydrogen (secondary N) is 1. The van der Waals surface area contributed by atoms with Gasteiger partial charge in [0.25, 0.3) is 0 Å². The minimum atomic E-state index is 0.418. The summed E-state index contributed by atoms with van der Waals surface area (Å²) in [6.07, 6.45) is 3.23. The van der Waals surface area contributed by atoms with Crippen molar-refractivity contribution in [3.8, 4) is 0 Å². The molecule has 1 saturated heterocycles. The first-order valence-electron chi connectivity index (χ1n) is 7.96. The number of aryl methyl sites for hydroxylation is 1. The number of rotatable bonds is 5. The highest BCUT2D eigenvalue weighted by molar-refractivity contribution is 6.29. The molecule has 2 aromatic rings. The molecule has 5 nitrogen and oxygen atoms in total. The predicted octanol–water partition coefficient (Wildman–Crippen LogP) is 2.67. The van der Waals surface area contributed by atoms with Crippen molar-refractivity contribution in [3.05, 3.63) is 47.4 Å². The molecule has 23 heavy (non-hydrogen) atoms. The number of aromatic nitrogens is 2.